The van der Waals surface area contributed by atoms with Crippen molar-refractivity contribution in [3.8, 4) is 11.5 Å². The number of hydrogen-bond acceptors (Lipinski definition) is 7. The van der Waals surface area contributed by atoms with Crippen LogP contribution in [-0.4, -0.2) is 11.4 Å². The monoisotopic (exact) mass is 827 g/mol. The maximum absolute atomic E-state index is 7.01. The van der Waals surface area contributed by atoms with Crippen molar-refractivity contribution in [2.45, 2.75) is 127 Å². The van der Waals surface area contributed by atoms with E-state index < -0.39 is 11.5 Å². The number of rotatable bonds is 7. The number of allylic oxidation sites excluding steroid dienone is 6. The van der Waals surface area contributed by atoms with E-state index in [0.717, 1.165) is 51.3 Å². The molecule has 0 amide bonds. The van der Waals surface area contributed by atoms with Crippen LogP contribution in [0.1, 0.15) is 111 Å². The molecule has 0 aromatic heterocycles. The molecule has 4 heterocycles. The van der Waals surface area contributed by atoms with E-state index in [2.05, 4.69) is 147 Å². The van der Waals surface area contributed by atoms with Gasteiger partial charge in [0.2, 0.25) is 0 Å². The molecule has 7 nitrogen and oxygen atoms in total. The van der Waals surface area contributed by atoms with Gasteiger partial charge in [-0.25, -0.2) is 0 Å². The first-order valence-corrected chi connectivity index (χ1v) is 22.0. The third-order valence-corrected chi connectivity index (χ3v) is 13.9. The zero-order chi connectivity index (χ0) is 44.2. The molecular formula is C55H61N3O4. The minimum absolute atomic E-state index is 0.332. The van der Waals surface area contributed by atoms with Crippen molar-refractivity contribution in [3.63, 3.8) is 0 Å². The summed E-state index contributed by atoms with van der Waals surface area (Å²) in [7, 11) is 0. The highest BCUT2D eigenvalue weighted by molar-refractivity contribution is 5.76. The highest BCUT2D eigenvalue weighted by atomic mass is 16.7. The predicted molar refractivity (Wildman–Crippen MR) is 252 cm³/mol. The lowest BCUT2D eigenvalue weighted by atomic mass is 9.93. The maximum atomic E-state index is 7.01. The summed E-state index contributed by atoms with van der Waals surface area (Å²) in [6.07, 6.45) is 1.26. The van der Waals surface area contributed by atoms with Gasteiger partial charge in [-0.2, -0.15) is 0 Å². The zero-order valence-corrected chi connectivity index (χ0v) is 39.0. The van der Waals surface area contributed by atoms with E-state index in [1.54, 1.807) is 0 Å². The minimum atomic E-state index is -1.11. The first-order chi connectivity index (χ1) is 29.4. The van der Waals surface area contributed by atoms with Gasteiger partial charge in [-0.15, -0.1) is 0 Å². The summed E-state index contributed by atoms with van der Waals surface area (Å²) in [5.41, 5.74) is 18.1. The fourth-order valence-electron chi connectivity index (χ4n) is 10.8. The van der Waals surface area contributed by atoms with Gasteiger partial charge in [0.15, 0.2) is 5.72 Å². The summed E-state index contributed by atoms with van der Waals surface area (Å²) in [5.74, 6) is 2.93. The molecule has 0 bridgehead atoms. The molecule has 0 saturated carbocycles. The summed E-state index contributed by atoms with van der Waals surface area (Å²) < 4.78 is 27.1. The number of benzene rings is 5. The number of para-hydroxylation sites is 3. The first kappa shape index (κ1) is 41.3. The molecule has 320 valence electrons. The molecule has 62 heavy (non-hydrogen) atoms. The zero-order valence-electron chi connectivity index (χ0n) is 39.0. The Kier molecular flexibility index (Phi) is 9.66. The number of anilines is 3. The summed E-state index contributed by atoms with van der Waals surface area (Å²) in [6, 6.07) is 31.6. The maximum Gasteiger partial charge on any atom is 0.312 e. The Hall–Kier alpha value is -6.08. The molecule has 0 aliphatic carbocycles. The summed E-state index contributed by atoms with van der Waals surface area (Å²) >= 11 is 0. The van der Waals surface area contributed by atoms with E-state index in [-0.39, 0.29) is 5.66 Å². The number of hydrogen-bond donors (Lipinski definition) is 0. The number of fused-ring (bicyclic) bond motifs is 4. The van der Waals surface area contributed by atoms with Gasteiger partial charge in [-0.1, -0.05) is 66.7 Å². The fraction of sp³-hybridized carbons (Fsp3) is 0.345. The van der Waals surface area contributed by atoms with Crippen molar-refractivity contribution >= 4 is 17.1 Å². The molecule has 9 rings (SSSR count). The largest absolute Gasteiger partial charge is 0.470 e. The van der Waals surface area contributed by atoms with Gasteiger partial charge in [0.25, 0.3) is 0 Å². The predicted octanol–water partition coefficient (Wildman–Crippen LogP) is 13.7. The Morgan fingerprint density at radius 3 is 1.45 bits per heavy atom. The van der Waals surface area contributed by atoms with Gasteiger partial charge in [0.1, 0.15) is 34.4 Å². The molecule has 0 N–H and O–H groups in total. The number of nitrogens with zero attached hydrogens (tertiary/aromatic N) is 3. The smallest absolute Gasteiger partial charge is 0.312 e. The van der Waals surface area contributed by atoms with Crippen LogP contribution in [0.4, 0.5) is 17.1 Å². The van der Waals surface area contributed by atoms with Gasteiger partial charge >= 0.3 is 5.79 Å². The van der Waals surface area contributed by atoms with Crippen LogP contribution in [0.15, 0.2) is 125 Å². The Balaban J connectivity index is 1.03. The van der Waals surface area contributed by atoms with E-state index in [0.29, 0.717) is 12.8 Å². The van der Waals surface area contributed by atoms with E-state index in [9.17, 15) is 0 Å². The molecule has 0 saturated heterocycles. The van der Waals surface area contributed by atoms with Gasteiger partial charge in [0, 0.05) is 35.6 Å². The van der Waals surface area contributed by atoms with Gasteiger partial charge in [-0.3, -0.25) is 0 Å². The topological polar surface area (TPSA) is 46.6 Å². The van der Waals surface area contributed by atoms with Gasteiger partial charge in [-0.05, 0) is 166 Å². The third-order valence-electron chi connectivity index (χ3n) is 13.9. The molecule has 1 spiro atoms. The van der Waals surface area contributed by atoms with Crippen LogP contribution in [0.3, 0.4) is 0 Å². The molecule has 5 aromatic rings. The molecule has 0 fully saturated rings. The molecule has 7 heteroatoms. The lowest BCUT2D eigenvalue weighted by Gasteiger charge is -2.44. The molecule has 4 aliphatic heterocycles. The minimum Gasteiger partial charge on any atom is -0.470 e. The van der Waals surface area contributed by atoms with Crippen LogP contribution < -0.4 is 19.4 Å². The molecule has 0 radical (unpaired) electrons. The Morgan fingerprint density at radius 2 is 0.903 bits per heavy atom. The number of aryl methyl sites for hydroxylation is 4. The van der Waals surface area contributed by atoms with E-state index >= 15 is 0 Å². The lowest BCUT2D eigenvalue weighted by Crippen LogP contribution is -2.51. The van der Waals surface area contributed by atoms with Gasteiger partial charge in [0.05, 0.1) is 22.5 Å². The molecule has 5 aromatic carbocycles. The fourth-order valence-corrected chi connectivity index (χ4v) is 10.8. The van der Waals surface area contributed by atoms with Crippen molar-refractivity contribution in [1.29, 1.82) is 0 Å². The van der Waals surface area contributed by atoms with Crippen molar-refractivity contribution < 1.29 is 18.9 Å². The van der Waals surface area contributed by atoms with Crippen LogP contribution in [0.5, 0.6) is 11.5 Å². The first-order valence-electron chi connectivity index (χ1n) is 22.0. The SMILES string of the molecule is CC1=C(Cc2ccc(C)c(N3C(C)=C(Cc4ccc(C)c(N5C(C)=C(C)N(c6c(C)cccc6C)C5(C)C)c4C)OC3(C)C)c2C)OC2(O1)c1ccccc1Oc1ccccc12. The van der Waals surface area contributed by atoms with Crippen molar-refractivity contribution in [2.24, 2.45) is 0 Å². The molecular weight excluding hydrogens is 767 g/mol. The second kappa shape index (κ2) is 14.5. The lowest BCUT2D eigenvalue weighted by molar-refractivity contribution is -0.132. The highest BCUT2D eigenvalue weighted by Crippen LogP contribution is 2.55. The van der Waals surface area contributed by atoms with E-state index in [1.165, 1.54) is 67.3 Å². The van der Waals surface area contributed by atoms with Crippen LogP contribution in [0, 0.1) is 41.5 Å². The molecule has 0 unspecified atom stereocenters. The Bertz CT molecular complexity index is 2720. The number of ether oxygens (including phenoxy) is 4. The average molecular weight is 828 g/mol. The van der Waals surface area contributed by atoms with Crippen LogP contribution in [0.2, 0.25) is 0 Å². The average Bonchev–Trinajstić information content (AvgIpc) is 3.72. The summed E-state index contributed by atoms with van der Waals surface area (Å²) in [6.45, 7) is 31.2. The van der Waals surface area contributed by atoms with Crippen molar-refractivity contribution in [2.75, 3.05) is 14.7 Å². The quantitative estimate of drug-likeness (QED) is 0.162. The van der Waals surface area contributed by atoms with Crippen LogP contribution >= 0.6 is 0 Å². The molecule has 0 atom stereocenters. The normalized spacial score (nSPS) is 18.3. The Morgan fingerprint density at radius 1 is 0.435 bits per heavy atom. The highest BCUT2D eigenvalue weighted by Gasteiger charge is 2.52. The standard InChI is InChI=1S/C55H61N3O4/c1-32-20-19-21-33(2)50(32)56-38(7)39(8)57(53(56,11)12)51-34(3)26-28-42(36(51)5)30-48-40(9)58(54(13,14)61-48)52-35(4)27-29-43(37(52)6)31-49-41(10)60-55(62-49)44-22-15-17-24-46(44)59-47-25-18-16-23-45(47)55/h15-29H,30-31H2,1-14H3. The van der Waals surface area contributed by atoms with Crippen molar-refractivity contribution in [3.05, 3.63) is 181 Å². The second-order valence-electron chi connectivity index (χ2n) is 18.7. The van der Waals surface area contributed by atoms with Crippen LogP contribution in [0.25, 0.3) is 0 Å². The van der Waals surface area contributed by atoms with E-state index in [4.69, 9.17) is 18.9 Å². The summed E-state index contributed by atoms with van der Waals surface area (Å²) in [5, 5.41) is 0. The Labute approximate surface area is 368 Å². The van der Waals surface area contributed by atoms with E-state index in [1.807, 2.05) is 55.5 Å². The second-order valence-corrected chi connectivity index (χ2v) is 18.7. The van der Waals surface area contributed by atoms with Crippen molar-refractivity contribution in [1.82, 2.24) is 0 Å². The summed E-state index contributed by atoms with van der Waals surface area (Å²) in [4.78, 5) is 7.50. The van der Waals surface area contributed by atoms with Gasteiger partial charge < -0.3 is 33.6 Å². The van der Waals surface area contributed by atoms with Crippen LogP contribution in [-0.2, 0) is 32.8 Å². The third kappa shape index (κ3) is 6.13. The molecule has 4 aliphatic rings.